The van der Waals surface area contributed by atoms with Gasteiger partial charge in [0.1, 0.15) is 0 Å². The Balaban J connectivity index is 1.44. The maximum Gasteiger partial charge on any atom is 0.323 e. The number of aromatic nitrogens is 1. The van der Waals surface area contributed by atoms with Crippen LogP contribution >= 0.6 is 11.3 Å². The van der Waals surface area contributed by atoms with Crippen molar-refractivity contribution < 1.29 is 14.4 Å². The topological polar surface area (TPSA) is 94.6 Å². The first-order chi connectivity index (χ1) is 13.0. The van der Waals surface area contributed by atoms with Crippen LogP contribution in [0.15, 0.2) is 5.38 Å². The quantitative estimate of drug-likeness (QED) is 0.816. The van der Waals surface area contributed by atoms with Crippen molar-refractivity contribution in [2.24, 2.45) is 0 Å². The van der Waals surface area contributed by atoms with Crippen LogP contribution < -0.4 is 10.6 Å². The number of piperazine rings is 1. The van der Waals surface area contributed by atoms with E-state index in [0.29, 0.717) is 37.0 Å². The zero-order valence-corrected chi connectivity index (χ0v) is 16.5. The molecule has 0 spiro atoms. The van der Waals surface area contributed by atoms with Crippen molar-refractivity contribution in [2.75, 3.05) is 31.5 Å². The van der Waals surface area contributed by atoms with Crippen molar-refractivity contribution in [3.05, 3.63) is 11.1 Å². The van der Waals surface area contributed by atoms with Gasteiger partial charge in [0.2, 0.25) is 11.8 Å². The van der Waals surface area contributed by atoms with Gasteiger partial charge in [0.25, 0.3) is 0 Å². The predicted octanol–water partition coefficient (Wildman–Crippen LogP) is 1.83. The Morgan fingerprint density at radius 3 is 2.44 bits per heavy atom. The Bertz CT molecular complexity index is 678. The minimum Gasteiger partial charge on any atom is -0.353 e. The summed E-state index contributed by atoms with van der Waals surface area (Å²) in [4.78, 5) is 43.6. The van der Waals surface area contributed by atoms with E-state index in [1.807, 2.05) is 5.38 Å². The summed E-state index contributed by atoms with van der Waals surface area (Å²) in [5.74, 6) is 0.0246. The average molecular weight is 394 g/mol. The Morgan fingerprint density at radius 1 is 1.11 bits per heavy atom. The van der Waals surface area contributed by atoms with Crippen LogP contribution in [0.2, 0.25) is 0 Å². The Hall–Kier alpha value is -2.16. The molecule has 1 saturated heterocycles. The number of hydrogen-bond acceptors (Lipinski definition) is 5. The third-order valence-corrected chi connectivity index (χ3v) is 5.90. The molecule has 148 valence electrons. The highest BCUT2D eigenvalue weighted by atomic mass is 32.1. The number of carbonyl (C=O) groups excluding carboxylic acids is 3. The molecule has 1 aliphatic carbocycles. The van der Waals surface area contributed by atoms with Crippen LogP contribution in [-0.4, -0.2) is 64.9 Å². The molecule has 4 amide bonds. The van der Waals surface area contributed by atoms with E-state index >= 15 is 0 Å². The molecule has 3 rings (SSSR count). The molecule has 0 unspecified atom stereocenters. The highest BCUT2D eigenvalue weighted by Gasteiger charge is 2.23. The third kappa shape index (κ3) is 5.66. The first kappa shape index (κ1) is 19.6. The molecule has 2 N–H and O–H groups in total. The molecule has 2 heterocycles. The second kappa shape index (κ2) is 9.16. The largest absolute Gasteiger partial charge is 0.353 e. The van der Waals surface area contributed by atoms with Gasteiger partial charge in [-0.1, -0.05) is 19.3 Å². The molecule has 1 aromatic rings. The SMILES string of the molecule is CC(=O)N1CCN(C(=O)Nc2nc(CC(=O)NC3CCCCC3)cs2)CC1. The van der Waals surface area contributed by atoms with E-state index in [0.717, 1.165) is 12.8 Å². The fourth-order valence-electron chi connectivity index (χ4n) is 3.53. The van der Waals surface area contributed by atoms with Crippen LogP contribution in [0.5, 0.6) is 0 Å². The Morgan fingerprint density at radius 2 is 1.78 bits per heavy atom. The van der Waals surface area contributed by atoms with Gasteiger partial charge in [-0.25, -0.2) is 9.78 Å². The summed E-state index contributed by atoms with van der Waals surface area (Å²) in [6.45, 7) is 3.65. The molecule has 27 heavy (non-hydrogen) atoms. The fraction of sp³-hybridized carbons (Fsp3) is 0.667. The van der Waals surface area contributed by atoms with Crippen molar-refractivity contribution in [2.45, 2.75) is 51.5 Å². The molecule has 0 atom stereocenters. The number of nitrogens with one attached hydrogen (secondary N) is 2. The number of urea groups is 1. The summed E-state index contributed by atoms with van der Waals surface area (Å²) in [5, 5.41) is 8.17. The number of carbonyl (C=O) groups is 3. The molecule has 0 radical (unpaired) electrons. The van der Waals surface area contributed by atoms with E-state index in [2.05, 4.69) is 15.6 Å². The van der Waals surface area contributed by atoms with Crippen molar-refractivity contribution in [1.82, 2.24) is 20.1 Å². The zero-order valence-electron chi connectivity index (χ0n) is 15.7. The van der Waals surface area contributed by atoms with Crippen LogP contribution in [0.3, 0.4) is 0 Å². The van der Waals surface area contributed by atoms with Gasteiger partial charge in [-0.15, -0.1) is 11.3 Å². The maximum absolute atomic E-state index is 12.3. The molecular weight excluding hydrogens is 366 g/mol. The van der Waals surface area contributed by atoms with Gasteiger partial charge >= 0.3 is 6.03 Å². The van der Waals surface area contributed by atoms with Gasteiger partial charge in [0.15, 0.2) is 5.13 Å². The normalized spacial score (nSPS) is 18.3. The van der Waals surface area contributed by atoms with Crippen LogP contribution in [0.1, 0.15) is 44.7 Å². The number of amides is 4. The van der Waals surface area contributed by atoms with Gasteiger partial charge < -0.3 is 15.1 Å². The third-order valence-electron chi connectivity index (χ3n) is 5.09. The number of thiazole rings is 1. The number of nitrogens with zero attached hydrogens (tertiary/aromatic N) is 3. The molecular formula is C18H27N5O3S. The standard InChI is InChI=1S/C18H27N5O3S/c1-13(24)22-7-9-23(10-8-22)18(26)21-17-20-15(12-27-17)11-16(25)19-14-5-3-2-4-6-14/h12,14H,2-11H2,1H3,(H,19,25)(H,20,21,26). The predicted molar refractivity (Wildman–Crippen MR) is 104 cm³/mol. The first-order valence-electron chi connectivity index (χ1n) is 9.56. The van der Waals surface area contributed by atoms with Crippen LogP contribution in [-0.2, 0) is 16.0 Å². The lowest BCUT2D eigenvalue weighted by molar-refractivity contribution is -0.130. The summed E-state index contributed by atoms with van der Waals surface area (Å²) < 4.78 is 0. The highest BCUT2D eigenvalue weighted by Crippen LogP contribution is 2.19. The van der Waals surface area contributed by atoms with Gasteiger partial charge in [-0.2, -0.15) is 0 Å². The lowest BCUT2D eigenvalue weighted by Crippen LogP contribution is -2.51. The van der Waals surface area contributed by atoms with Crippen molar-refractivity contribution in [3.8, 4) is 0 Å². The van der Waals surface area contributed by atoms with Crippen molar-refractivity contribution in [3.63, 3.8) is 0 Å². The Kier molecular flexibility index (Phi) is 6.65. The van der Waals surface area contributed by atoms with Gasteiger partial charge in [0.05, 0.1) is 12.1 Å². The zero-order chi connectivity index (χ0) is 19.2. The molecule has 2 fully saturated rings. The minimum absolute atomic E-state index is 0.00886. The summed E-state index contributed by atoms with van der Waals surface area (Å²) in [6, 6.07) is 0.0727. The molecule has 0 aromatic carbocycles. The lowest BCUT2D eigenvalue weighted by atomic mass is 9.95. The van der Waals surface area contributed by atoms with Crippen LogP contribution in [0, 0.1) is 0 Å². The maximum atomic E-state index is 12.3. The van der Waals surface area contributed by atoms with E-state index < -0.39 is 0 Å². The molecule has 1 saturated carbocycles. The molecule has 9 heteroatoms. The lowest BCUT2D eigenvalue weighted by Gasteiger charge is -2.33. The van der Waals surface area contributed by atoms with Gasteiger partial charge in [-0.3, -0.25) is 14.9 Å². The van der Waals surface area contributed by atoms with E-state index in [-0.39, 0.29) is 30.3 Å². The smallest absolute Gasteiger partial charge is 0.323 e. The first-order valence-corrected chi connectivity index (χ1v) is 10.4. The summed E-state index contributed by atoms with van der Waals surface area (Å²) in [6.07, 6.45) is 5.96. The molecule has 1 aromatic heterocycles. The minimum atomic E-state index is -0.217. The van der Waals surface area contributed by atoms with Gasteiger partial charge in [0, 0.05) is 44.5 Å². The molecule has 1 aliphatic heterocycles. The number of rotatable bonds is 4. The fourth-order valence-corrected chi connectivity index (χ4v) is 4.23. The van der Waals surface area contributed by atoms with E-state index in [4.69, 9.17) is 0 Å². The molecule has 0 bridgehead atoms. The van der Waals surface area contributed by atoms with Crippen LogP contribution in [0.25, 0.3) is 0 Å². The monoisotopic (exact) mass is 393 g/mol. The average Bonchev–Trinajstić information content (AvgIpc) is 3.09. The number of anilines is 1. The number of hydrogen-bond donors (Lipinski definition) is 2. The Labute approximate surface area is 163 Å². The second-order valence-corrected chi connectivity index (χ2v) is 8.00. The second-order valence-electron chi connectivity index (χ2n) is 7.15. The summed E-state index contributed by atoms with van der Waals surface area (Å²) >= 11 is 1.32. The van der Waals surface area contributed by atoms with E-state index in [1.54, 1.807) is 9.80 Å². The summed E-state index contributed by atoms with van der Waals surface area (Å²) in [5.41, 5.74) is 0.671. The van der Waals surface area contributed by atoms with Gasteiger partial charge in [-0.05, 0) is 12.8 Å². The highest BCUT2D eigenvalue weighted by molar-refractivity contribution is 7.13. The van der Waals surface area contributed by atoms with E-state index in [9.17, 15) is 14.4 Å². The summed E-state index contributed by atoms with van der Waals surface area (Å²) in [7, 11) is 0. The molecule has 8 nitrogen and oxygen atoms in total. The van der Waals surface area contributed by atoms with Crippen molar-refractivity contribution in [1.29, 1.82) is 0 Å². The van der Waals surface area contributed by atoms with Crippen molar-refractivity contribution >= 4 is 34.3 Å². The van der Waals surface area contributed by atoms with E-state index in [1.165, 1.54) is 37.5 Å². The molecule has 2 aliphatic rings. The van der Waals surface area contributed by atoms with Crippen LogP contribution in [0.4, 0.5) is 9.93 Å².